The molecule has 15 heavy (non-hydrogen) atoms. The Morgan fingerprint density at radius 2 is 1.87 bits per heavy atom. The van der Waals surface area contributed by atoms with Gasteiger partial charge in [0.25, 0.3) is 0 Å². The fourth-order valence-electron chi connectivity index (χ4n) is 1.19. The largest absolute Gasteiger partial charge is 0.491 e. The standard InChI is InChI=1S/C11H15Br2NO/c1-2-3-4-15-11-9(12)5-8(7-14)6-10(11)13/h5-6H,2-4,7,14H2,1H3. The van der Waals surface area contributed by atoms with E-state index < -0.39 is 0 Å². The van der Waals surface area contributed by atoms with Crippen molar-refractivity contribution in [1.29, 1.82) is 0 Å². The molecule has 0 aromatic heterocycles. The second-order valence-corrected chi connectivity index (χ2v) is 5.00. The zero-order chi connectivity index (χ0) is 11.3. The first-order valence-electron chi connectivity index (χ1n) is 4.99. The highest BCUT2D eigenvalue weighted by molar-refractivity contribution is 9.11. The summed E-state index contributed by atoms with van der Waals surface area (Å²) >= 11 is 6.96. The van der Waals surface area contributed by atoms with Crippen LogP contribution in [0.15, 0.2) is 21.1 Å². The number of ether oxygens (including phenoxy) is 1. The maximum absolute atomic E-state index is 5.67. The molecule has 0 atom stereocenters. The summed E-state index contributed by atoms with van der Waals surface area (Å²) in [7, 11) is 0. The van der Waals surface area contributed by atoms with Gasteiger partial charge in [-0.2, -0.15) is 0 Å². The third-order valence-corrected chi connectivity index (χ3v) is 3.22. The average Bonchev–Trinajstić information content (AvgIpc) is 2.22. The molecule has 1 rings (SSSR count). The van der Waals surface area contributed by atoms with Gasteiger partial charge in [-0.05, 0) is 56.0 Å². The van der Waals surface area contributed by atoms with Crippen LogP contribution in [0.5, 0.6) is 5.75 Å². The third-order valence-electron chi connectivity index (χ3n) is 2.04. The molecule has 1 aromatic carbocycles. The van der Waals surface area contributed by atoms with E-state index >= 15 is 0 Å². The molecule has 0 saturated carbocycles. The van der Waals surface area contributed by atoms with Gasteiger partial charge in [0, 0.05) is 6.54 Å². The molecule has 2 nitrogen and oxygen atoms in total. The van der Waals surface area contributed by atoms with Gasteiger partial charge < -0.3 is 10.5 Å². The second kappa shape index (κ2) is 6.51. The van der Waals surface area contributed by atoms with E-state index in [-0.39, 0.29) is 0 Å². The molecular formula is C11H15Br2NO. The molecular weight excluding hydrogens is 322 g/mol. The van der Waals surface area contributed by atoms with Crippen molar-refractivity contribution in [2.24, 2.45) is 5.73 Å². The Morgan fingerprint density at radius 1 is 1.27 bits per heavy atom. The molecule has 0 aliphatic rings. The van der Waals surface area contributed by atoms with Gasteiger partial charge in [0.2, 0.25) is 0 Å². The predicted octanol–water partition coefficient (Wildman–Crippen LogP) is 3.85. The molecule has 0 saturated heterocycles. The summed E-state index contributed by atoms with van der Waals surface area (Å²) in [5.74, 6) is 0.862. The van der Waals surface area contributed by atoms with Crippen molar-refractivity contribution in [2.45, 2.75) is 26.3 Å². The highest BCUT2D eigenvalue weighted by Crippen LogP contribution is 2.34. The molecule has 0 bridgehead atoms. The van der Waals surface area contributed by atoms with Gasteiger partial charge in [0.1, 0.15) is 5.75 Å². The topological polar surface area (TPSA) is 35.2 Å². The molecule has 0 aliphatic carbocycles. The van der Waals surface area contributed by atoms with E-state index in [9.17, 15) is 0 Å². The zero-order valence-electron chi connectivity index (χ0n) is 8.72. The van der Waals surface area contributed by atoms with Crippen molar-refractivity contribution in [3.8, 4) is 5.75 Å². The third kappa shape index (κ3) is 3.78. The van der Waals surface area contributed by atoms with Crippen molar-refractivity contribution in [2.75, 3.05) is 6.61 Å². The lowest BCUT2D eigenvalue weighted by molar-refractivity contribution is 0.305. The van der Waals surface area contributed by atoms with E-state index in [1.807, 2.05) is 12.1 Å². The van der Waals surface area contributed by atoms with Gasteiger partial charge in [-0.15, -0.1) is 0 Å². The van der Waals surface area contributed by atoms with E-state index in [0.29, 0.717) is 6.54 Å². The van der Waals surface area contributed by atoms with Crippen LogP contribution in [0.4, 0.5) is 0 Å². The highest BCUT2D eigenvalue weighted by atomic mass is 79.9. The minimum absolute atomic E-state index is 0.534. The fourth-order valence-corrected chi connectivity index (χ4v) is 2.70. The van der Waals surface area contributed by atoms with Crippen LogP contribution >= 0.6 is 31.9 Å². The molecule has 84 valence electrons. The van der Waals surface area contributed by atoms with Crippen molar-refractivity contribution in [3.05, 3.63) is 26.6 Å². The first kappa shape index (κ1) is 13.0. The van der Waals surface area contributed by atoms with E-state index in [2.05, 4.69) is 38.8 Å². The summed E-state index contributed by atoms with van der Waals surface area (Å²) in [6, 6.07) is 3.98. The van der Waals surface area contributed by atoms with Crippen LogP contribution in [0.2, 0.25) is 0 Å². The first-order chi connectivity index (χ1) is 7.19. The van der Waals surface area contributed by atoms with Gasteiger partial charge in [-0.1, -0.05) is 13.3 Å². The lowest BCUT2D eigenvalue weighted by atomic mass is 10.2. The first-order valence-corrected chi connectivity index (χ1v) is 6.58. The second-order valence-electron chi connectivity index (χ2n) is 3.29. The molecule has 0 unspecified atom stereocenters. The smallest absolute Gasteiger partial charge is 0.147 e. The Balaban J connectivity index is 2.79. The number of rotatable bonds is 5. The molecule has 0 heterocycles. The number of halogens is 2. The number of unbranched alkanes of at least 4 members (excludes halogenated alkanes) is 1. The van der Waals surface area contributed by atoms with Crippen molar-refractivity contribution < 1.29 is 4.74 Å². The lowest BCUT2D eigenvalue weighted by Crippen LogP contribution is -2.01. The van der Waals surface area contributed by atoms with Crippen molar-refractivity contribution >= 4 is 31.9 Å². The van der Waals surface area contributed by atoms with Crippen LogP contribution in [0.25, 0.3) is 0 Å². The van der Waals surface area contributed by atoms with Gasteiger partial charge in [0.05, 0.1) is 15.6 Å². The zero-order valence-corrected chi connectivity index (χ0v) is 11.9. The summed E-state index contributed by atoms with van der Waals surface area (Å²) in [6.07, 6.45) is 2.20. The number of hydrogen-bond donors (Lipinski definition) is 1. The summed E-state index contributed by atoms with van der Waals surface area (Å²) < 4.78 is 7.58. The lowest BCUT2D eigenvalue weighted by Gasteiger charge is -2.11. The van der Waals surface area contributed by atoms with E-state index in [1.54, 1.807) is 0 Å². The number of nitrogens with two attached hydrogens (primary N) is 1. The Bertz CT molecular complexity index is 305. The summed E-state index contributed by atoms with van der Waals surface area (Å²) in [5, 5.41) is 0. The van der Waals surface area contributed by atoms with Crippen LogP contribution in [0, 0.1) is 0 Å². The SMILES string of the molecule is CCCCOc1c(Br)cc(CN)cc1Br. The Morgan fingerprint density at radius 3 is 2.33 bits per heavy atom. The van der Waals surface area contributed by atoms with Gasteiger partial charge >= 0.3 is 0 Å². The quantitative estimate of drug-likeness (QED) is 0.829. The Hall–Kier alpha value is -0.0600. The fraction of sp³-hybridized carbons (Fsp3) is 0.455. The maximum atomic E-state index is 5.67. The maximum Gasteiger partial charge on any atom is 0.147 e. The predicted molar refractivity (Wildman–Crippen MR) is 70.1 cm³/mol. The molecule has 0 aliphatic heterocycles. The average molecular weight is 337 g/mol. The van der Waals surface area contributed by atoms with Gasteiger partial charge in [0.15, 0.2) is 0 Å². The molecule has 0 amide bonds. The van der Waals surface area contributed by atoms with Crippen LogP contribution in [-0.4, -0.2) is 6.61 Å². The monoisotopic (exact) mass is 335 g/mol. The molecule has 0 spiro atoms. The normalized spacial score (nSPS) is 10.4. The van der Waals surface area contributed by atoms with Crippen LogP contribution in [-0.2, 0) is 6.54 Å². The summed E-state index contributed by atoms with van der Waals surface area (Å²) in [4.78, 5) is 0. The minimum atomic E-state index is 0.534. The van der Waals surface area contributed by atoms with Crippen molar-refractivity contribution in [3.63, 3.8) is 0 Å². The Kier molecular flexibility index (Phi) is 5.64. The summed E-state index contributed by atoms with van der Waals surface area (Å²) in [6.45, 7) is 3.42. The van der Waals surface area contributed by atoms with E-state index in [1.165, 1.54) is 0 Å². The van der Waals surface area contributed by atoms with E-state index in [4.69, 9.17) is 10.5 Å². The van der Waals surface area contributed by atoms with Crippen LogP contribution < -0.4 is 10.5 Å². The van der Waals surface area contributed by atoms with Crippen LogP contribution in [0.3, 0.4) is 0 Å². The van der Waals surface area contributed by atoms with Crippen molar-refractivity contribution in [1.82, 2.24) is 0 Å². The molecule has 0 radical (unpaired) electrons. The molecule has 2 N–H and O–H groups in total. The molecule has 0 fully saturated rings. The Labute approximate surface area is 107 Å². The number of benzene rings is 1. The van der Waals surface area contributed by atoms with Gasteiger partial charge in [-0.25, -0.2) is 0 Å². The number of hydrogen-bond acceptors (Lipinski definition) is 2. The van der Waals surface area contributed by atoms with E-state index in [0.717, 1.165) is 39.7 Å². The van der Waals surface area contributed by atoms with Gasteiger partial charge in [-0.3, -0.25) is 0 Å². The molecule has 4 heteroatoms. The molecule has 1 aromatic rings. The highest BCUT2D eigenvalue weighted by Gasteiger charge is 2.07. The summed E-state index contributed by atoms with van der Waals surface area (Å²) in [5.41, 5.74) is 6.66. The van der Waals surface area contributed by atoms with Crippen LogP contribution in [0.1, 0.15) is 25.3 Å². The minimum Gasteiger partial charge on any atom is -0.491 e.